The van der Waals surface area contributed by atoms with E-state index in [1.807, 2.05) is 66.8 Å². The van der Waals surface area contributed by atoms with Crippen LogP contribution in [-0.2, 0) is 0 Å². The minimum absolute atomic E-state index is 0.807. The van der Waals surface area contributed by atoms with E-state index < -0.39 is 0 Å². The summed E-state index contributed by atoms with van der Waals surface area (Å²) in [7, 11) is 0. The number of nitrogens with one attached hydrogen (secondary N) is 2. The molecule has 0 fully saturated rings. The van der Waals surface area contributed by atoms with Gasteiger partial charge in [-0.3, -0.25) is 0 Å². The third-order valence-corrected chi connectivity index (χ3v) is 4.32. The molecule has 0 aromatic carbocycles. The van der Waals surface area contributed by atoms with Crippen LogP contribution in [0.15, 0.2) is 42.5 Å². The Bertz CT molecular complexity index is 1290. The predicted octanol–water partition coefficient (Wildman–Crippen LogP) is 4.64. The molecule has 26 heavy (non-hydrogen) atoms. The van der Waals surface area contributed by atoms with Gasteiger partial charge in [0.05, 0.1) is 28.3 Å². The van der Waals surface area contributed by atoms with Crippen molar-refractivity contribution in [1.29, 1.82) is 0 Å². The summed E-state index contributed by atoms with van der Waals surface area (Å²) in [5.41, 5.74) is 8.14. The molecule has 0 saturated heterocycles. The zero-order valence-corrected chi connectivity index (χ0v) is 13.8. The molecule has 0 spiro atoms. The number of aromatic amines is 2. The Morgan fingerprint density at radius 3 is 1.77 bits per heavy atom. The van der Waals surface area contributed by atoms with Crippen LogP contribution in [0.4, 0.5) is 0 Å². The third kappa shape index (κ3) is 2.62. The first kappa shape index (κ1) is 14.5. The second-order valence-corrected chi connectivity index (χ2v) is 6.23. The van der Waals surface area contributed by atoms with Gasteiger partial charge in [-0.05, 0) is 66.8 Å². The summed E-state index contributed by atoms with van der Waals surface area (Å²) in [6, 6.07) is 14.0. The smallest absolute Gasteiger partial charge is 0.0658 e. The van der Waals surface area contributed by atoms with Crippen molar-refractivity contribution in [2.75, 3.05) is 0 Å². The van der Waals surface area contributed by atoms with Gasteiger partial charge in [-0.25, -0.2) is 9.97 Å². The summed E-state index contributed by atoms with van der Waals surface area (Å²) < 4.78 is 0. The fourth-order valence-electron chi connectivity index (χ4n) is 3.14. The highest BCUT2D eigenvalue weighted by atomic mass is 14.8. The number of terminal acetylenes is 1. The van der Waals surface area contributed by atoms with E-state index in [1.54, 1.807) is 0 Å². The predicted molar refractivity (Wildman–Crippen MR) is 107 cm³/mol. The van der Waals surface area contributed by atoms with Crippen molar-refractivity contribution in [2.24, 2.45) is 0 Å². The van der Waals surface area contributed by atoms with Crippen molar-refractivity contribution in [3.8, 4) is 12.3 Å². The van der Waals surface area contributed by atoms with Crippen LogP contribution in [0.2, 0.25) is 0 Å². The zero-order chi connectivity index (χ0) is 17.5. The summed E-state index contributed by atoms with van der Waals surface area (Å²) in [6.07, 6.45) is 13.6. The Kier molecular flexibility index (Phi) is 3.13. The van der Waals surface area contributed by atoms with Crippen LogP contribution in [0.3, 0.4) is 0 Å². The first-order valence-electron chi connectivity index (χ1n) is 8.30. The Morgan fingerprint density at radius 2 is 1.19 bits per heavy atom. The summed E-state index contributed by atoms with van der Waals surface area (Å²) in [5, 5.41) is 0. The van der Waals surface area contributed by atoms with Crippen LogP contribution < -0.4 is 0 Å². The SMILES string of the molecule is C#Cc1cc2cc3nc(cc4ccc(cc5nc(cc1[nH]2)C=C5)[nH]4)C=C3. The Morgan fingerprint density at radius 1 is 0.654 bits per heavy atom. The molecule has 3 aromatic rings. The lowest BCUT2D eigenvalue weighted by Gasteiger charge is -1.86. The maximum atomic E-state index is 5.67. The molecular weight excluding hydrogens is 320 g/mol. The molecule has 5 heterocycles. The van der Waals surface area contributed by atoms with Gasteiger partial charge in [-0.1, -0.05) is 5.92 Å². The molecule has 2 aliphatic rings. The molecule has 0 unspecified atom stereocenters. The van der Waals surface area contributed by atoms with E-state index in [4.69, 9.17) is 6.42 Å². The molecule has 0 atom stereocenters. The minimum atomic E-state index is 0.807. The monoisotopic (exact) mass is 334 g/mol. The Labute approximate surface area is 150 Å². The zero-order valence-electron chi connectivity index (χ0n) is 13.8. The van der Waals surface area contributed by atoms with E-state index in [0.717, 1.165) is 50.4 Å². The maximum Gasteiger partial charge on any atom is 0.0658 e. The summed E-state index contributed by atoms with van der Waals surface area (Å²) in [5.74, 6) is 2.73. The normalized spacial score (nSPS) is 12.3. The number of rotatable bonds is 0. The van der Waals surface area contributed by atoms with Gasteiger partial charge in [-0.15, -0.1) is 6.42 Å². The number of hydrogen-bond donors (Lipinski definition) is 2. The second kappa shape index (κ2) is 5.61. The first-order valence-corrected chi connectivity index (χ1v) is 8.30. The van der Waals surface area contributed by atoms with E-state index >= 15 is 0 Å². The molecule has 8 bridgehead atoms. The molecule has 0 saturated carbocycles. The lowest BCUT2D eigenvalue weighted by molar-refractivity contribution is 1.31. The standard InChI is InChI=1S/C22H14N4/c1-2-14-9-21-12-19-6-5-17(24-19)10-15-3-4-16(23-15)11-18-7-8-20(25-18)13-22(14)26-21/h1,3-13,23,26H. The fourth-order valence-corrected chi connectivity index (χ4v) is 3.14. The first-order chi connectivity index (χ1) is 12.7. The van der Waals surface area contributed by atoms with Gasteiger partial charge in [0.2, 0.25) is 0 Å². The van der Waals surface area contributed by atoms with Gasteiger partial charge in [0.25, 0.3) is 0 Å². The number of fused-ring (bicyclic) bond motifs is 8. The van der Waals surface area contributed by atoms with E-state index in [9.17, 15) is 0 Å². The van der Waals surface area contributed by atoms with Gasteiger partial charge >= 0.3 is 0 Å². The lowest BCUT2D eigenvalue weighted by Crippen LogP contribution is -1.76. The largest absolute Gasteiger partial charge is 0.355 e. The number of nitrogens with zero attached hydrogens (tertiary/aromatic N) is 2. The summed E-state index contributed by atoms with van der Waals surface area (Å²) in [6.45, 7) is 0. The van der Waals surface area contributed by atoms with Gasteiger partial charge in [0, 0.05) is 22.1 Å². The Balaban J connectivity index is 1.88. The van der Waals surface area contributed by atoms with Gasteiger partial charge < -0.3 is 9.97 Å². The highest BCUT2D eigenvalue weighted by Crippen LogP contribution is 2.19. The van der Waals surface area contributed by atoms with Crippen molar-refractivity contribution in [2.45, 2.75) is 0 Å². The molecule has 3 aromatic heterocycles. The van der Waals surface area contributed by atoms with E-state index in [1.165, 1.54) is 0 Å². The lowest BCUT2D eigenvalue weighted by atomic mass is 10.2. The van der Waals surface area contributed by atoms with Crippen LogP contribution >= 0.6 is 0 Å². The van der Waals surface area contributed by atoms with Gasteiger partial charge in [0.1, 0.15) is 0 Å². The van der Waals surface area contributed by atoms with Gasteiger partial charge in [-0.2, -0.15) is 0 Å². The fraction of sp³-hybridized carbons (Fsp3) is 0. The average molecular weight is 334 g/mol. The Hall–Kier alpha value is -3.84. The van der Waals surface area contributed by atoms with Crippen molar-refractivity contribution in [3.63, 3.8) is 0 Å². The molecule has 5 rings (SSSR count). The summed E-state index contributed by atoms with van der Waals surface area (Å²) in [4.78, 5) is 16.0. The van der Waals surface area contributed by atoms with E-state index in [-0.39, 0.29) is 0 Å². The molecule has 2 aliphatic heterocycles. The highest BCUT2D eigenvalue weighted by Gasteiger charge is 2.03. The number of aromatic nitrogens is 4. The van der Waals surface area contributed by atoms with Crippen LogP contribution in [0.25, 0.3) is 46.4 Å². The molecule has 0 amide bonds. The molecule has 0 aliphatic carbocycles. The van der Waals surface area contributed by atoms with Crippen molar-refractivity contribution in [3.05, 3.63) is 70.8 Å². The molecular formula is C22H14N4. The minimum Gasteiger partial charge on any atom is -0.355 e. The molecule has 0 radical (unpaired) electrons. The van der Waals surface area contributed by atoms with Crippen molar-refractivity contribution < 1.29 is 0 Å². The summed E-state index contributed by atoms with van der Waals surface area (Å²) >= 11 is 0. The van der Waals surface area contributed by atoms with E-state index in [2.05, 4.69) is 25.9 Å². The highest BCUT2D eigenvalue weighted by molar-refractivity contribution is 5.79. The number of hydrogen-bond acceptors (Lipinski definition) is 2. The molecule has 4 heteroatoms. The topological polar surface area (TPSA) is 57.4 Å². The van der Waals surface area contributed by atoms with E-state index in [0.29, 0.717) is 0 Å². The van der Waals surface area contributed by atoms with Crippen LogP contribution in [0.1, 0.15) is 28.3 Å². The second-order valence-electron chi connectivity index (χ2n) is 6.23. The molecule has 2 N–H and O–H groups in total. The van der Waals surface area contributed by atoms with Crippen LogP contribution in [0, 0.1) is 12.3 Å². The maximum absolute atomic E-state index is 5.67. The average Bonchev–Trinajstić information content (AvgIpc) is 3.39. The quantitative estimate of drug-likeness (QED) is 0.405. The van der Waals surface area contributed by atoms with Crippen LogP contribution in [0.5, 0.6) is 0 Å². The van der Waals surface area contributed by atoms with Gasteiger partial charge in [0.15, 0.2) is 0 Å². The molecule has 122 valence electrons. The third-order valence-electron chi connectivity index (χ3n) is 4.32. The molecule has 4 nitrogen and oxygen atoms in total. The van der Waals surface area contributed by atoms with Crippen molar-refractivity contribution >= 4 is 46.4 Å². The van der Waals surface area contributed by atoms with Crippen molar-refractivity contribution in [1.82, 2.24) is 19.9 Å². The number of H-pyrrole nitrogens is 2. The van der Waals surface area contributed by atoms with Crippen LogP contribution in [-0.4, -0.2) is 19.9 Å².